The van der Waals surface area contributed by atoms with E-state index in [1.165, 1.54) is 0 Å². The summed E-state index contributed by atoms with van der Waals surface area (Å²) < 4.78 is 5.43. The lowest BCUT2D eigenvalue weighted by Crippen LogP contribution is -2.44. The third-order valence-corrected chi connectivity index (χ3v) is 3.26. The summed E-state index contributed by atoms with van der Waals surface area (Å²) in [5.41, 5.74) is 6.78. The number of aromatic hydroxyl groups is 1. The van der Waals surface area contributed by atoms with Crippen molar-refractivity contribution in [3.8, 4) is 5.75 Å². The zero-order chi connectivity index (χ0) is 13.7. The topological polar surface area (TPSA) is 84.6 Å². The number of amides is 1. The molecule has 0 aromatic heterocycles. The summed E-state index contributed by atoms with van der Waals surface area (Å²) >= 11 is 0. The SMILES string of the molecule is N[C@H](Cc1ccc(O)cc1)C(=O)NCC1CCCO1. The molecule has 19 heavy (non-hydrogen) atoms. The summed E-state index contributed by atoms with van der Waals surface area (Å²) in [6, 6.07) is 6.13. The highest BCUT2D eigenvalue weighted by Gasteiger charge is 2.19. The molecule has 1 unspecified atom stereocenters. The minimum Gasteiger partial charge on any atom is -0.508 e. The second kappa shape index (κ2) is 6.54. The molecule has 0 spiro atoms. The van der Waals surface area contributed by atoms with Gasteiger partial charge in [0.2, 0.25) is 5.91 Å². The number of phenols is 1. The van der Waals surface area contributed by atoms with Crippen LogP contribution in [0, 0.1) is 0 Å². The van der Waals surface area contributed by atoms with Gasteiger partial charge in [-0.15, -0.1) is 0 Å². The van der Waals surface area contributed by atoms with E-state index in [9.17, 15) is 9.90 Å². The molecular weight excluding hydrogens is 244 g/mol. The molecule has 1 saturated heterocycles. The largest absolute Gasteiger partial charge is 0.508 e. The summed E-state index contributed by atoms with van der Waals surface area (Å²) in [5, 5.41) is 12.0. The van der Waals surface area contributed by atoms with Crippen LogP contribution in [0.3, 0.4) is 0 Å². The fourth-order valence-corrected chi connectivity index (χ4v) is 2.13. The predicted molar refractivity (Wildman–Crippen MR) is 71.8 cm³/mol. The van der Waals surface area contributed by atoms with Crippen molar-refractivity contribution in [1.82, 2.24) is 5.32 Å². The first kappa shape index (κ1) is 13.8. The monoisotopic (exact) mass is 264 g/mol. The van der Waals surface area contributed by atoms with Gasteiger partial charge in [-0.25, -0.2) is 0 Å². The van der Waals surface area contributed by atoms with Crippen molar-refractivity contribution >= 4 is 5.91 Å². The second-order valence-corrected chi connectivity index (χ2v) is 4.86. The van der Waals surface area contributed by atoms with E-state index in [1.807, 2.05) is 0 Å². The van der Waals surface area contributed by atoms with Crippen LogP contribution in [0.1, 0.15) is 18.4 Å². The Morgan fingerprint density at radius 3 is 2.84 bits per heavy atom. The lowest BCUT2D eigenvalue weighted by molar-refractivity contribution is -0.122. The summed E-state index contributed by atoms with van der Waals surface area (Å²) in [6.45, 7) is 1.31. The molecule has 5 nitrogen and oxygen atoms in total. The molecule has 1 aromatic carbocycles. The summed E-state index contributed by atoms with van der Waals surface area (Å²) in [4.78, 5) is 11.8. The molecule has 1 aromatic rings. The van der Waals surface area contributed by atoms with E-state index in [4.69, 9.17) is 10.5 Å². The first-order valence-corrected chi connectivity index (χ1v) is 6.58. The van der Waals surface area contributed by atoms with E-state index >= 15 is 0 Å². The van der Waals surface area contributed by atoms with Crippen LogP contribution < -0.4 is 11.1 Å². The van der Waals surface area contributed by atoms with Gasteiger partial charge >= 0.3 is 0 Å². The summed E-state index contributed by atoms with van der Waals surface area (Å²) in [5.74, 6) is 0.0451. The molecule has 1 heterocycles. The molecule has 0 saturated carbocycles. The molecule has 1 aliphatic rings. The van der Waals surface area contributed by atoms with Gasteiger partial charge in [0, 0.05) is 13.2 Å². The Balaban J connectivity index is 1.76. The van der Waals surface area contributed by atoms with Crippen molar-refractivity contribution in [2.24, 2.45) is 5.73 Å². The van der Waals surface area contributed by atoms with Crippen LogP contribution in [0.5, 0.6) is 5.75 Å². The van der Waals surface area contributed by atoms with Crippen LogP contribution in [0.15, 0.2) is 24.3 Å². The molecule has 1 amide bonds. The van der Waals surface area contributed by atoms with Gasteiger partial charge < -0.3 is 20.9 Å². The van der Waals surface area contributed by atoms with Crippen molar-refractivity contribution < 1.29 is 14.6 Å². The molecule has 1 fully saturated rings. The van der Waals surface area contributed by atoms with Crippen molar-refractivity contribution in [2.45, 2.75) is 31.4 Å². The van der Waals surface area contributed by atoms with Gasteiger partial charge in [-0.3, -0.25) is 4.79 Å². The minimum absolute atomic E-state index is 0.129. The normalized spacial score (nSPS) is 20.2. The van der Waals surface area contributed by atoms with Crippen LogP contribution >= 0.6 is 0 Å². The number of nitrogens with two attached hydrogens (primary N) is 1. The van der Waals surface area contributed by atoms with Gasteiger partial charge in [0.25, 0.3) is 0 Å². The number of rotatable bonds is 5. The predicted octanol–water partition coefficient (Wildman–Crippen LogP) is 0.557. The number of carbonyl (C=O) groups is 1. The van der Waals surface area contributed by atoms with Gasteiger partial charge in [-0.05, 0) is 37.0 Å². The standard InChI is InChI=1S/C14H20N2O3/c15-13(8-10-3-5-11(17)6-4-10)14(18)16-9-12-2-1-7-19-12/h3-6,12-13,17H,1-2,7-9,15H2,(H,16,18)/t12?,13-/m1/s1. The number of nitrogens with one attached hydrogen (secondary N) is 1. The van der Waals surface area contributed by atoms with Crippen molar-refractivity contribution in [3.63, 3.8) is 0 Å². The van der Waals surface area contributed by atoms with Crippen molar-refractivity contribution in [2.75, 3.05) is 13.2 Å². The minimum atomic E-state index is -0.578. The Hall–Kier alpha value is -1.59. The van der Waals surface area contributed by atoms with E-state index in [0.29, 0.717) is 13.0 Å². The molecule has 0 aliphatic carbocycles. The van der Waals surface area contributed by atoms with Gasteiger partial charge in [0.1, 0.15) is 5.75 Å². The number of hydrogen-bond acceptors (Lipinski definition) is 4. The van der Waals surface area contributed by atoms with Gasteiger partial charge in [0.05, 0.1) is 12.1 Å². The number of ether oxygens (including phenoxy) is 1. The van der Waals surface area contributed by atoms with E-state index in [2.05, 4.69) is 5.32 Å². The summed E-state index contributed by atoms with van der Waals surface area (Å²) in [6.07, 6.45) is 2.63. The van der Waals surface area contributed by atoms with Crippen LogP contribution in [-0.2, 0) is 16.0 Å². The maximum atomic E-state index is 11.8. The number of phenolic OH excluding ortho intramolecular Hbond substituents is 1. The molecule has 0 radical (unpaired) electrons. The fourth-order valence-electron chi connectivity index (χ4n) is 2.13. The van der Waals surface area contributed by atoms with E-state index < -0.39 is 6.04 Å². The van der Waals surface area contributed by atoms with Crippen LogP contribution in [-0.4, -0.2) is 36.3 Å². The fraction of sp³-hybridized carbons (Fsp3) is 0.500. The Kier molecular flexibility index (Phi) is 4.76. The highest BCUT2D eigenvalue weighted by Crippen LogP contribution is 2.12. The molecule has 2 atom stereocenters. The van der Waals surface area contributed by atoms with Gasteiger partial charge in [-0.1, -0.05) is 12.1 Å². The Labute approximate surface area is 112 Å². The van der Waals surface area contributed by atoms with Gasteiger partial charge in [0.15, 0.2) is 0 Å². The highest BCUT2D eigenvalue weighted by molar-refractivity contribution is 5.81. The first-order valence-electron chi connectivity index (χ1n) is 6.58. The lowest BCUT2D eigenvalue weighted by Gasteiger charge is -2.15. The van der Waals surface area contributed by atoms with E-state index in [-0.39, 0.29) is 17.8 Å². The third-order valence-electron chi connectivity index (χ3n) is 3.26. The summed E-state index contributed by atoms with van der Waals surface area (Å²) in [7, 11) is 0. The number of hydrogen-bond donors (Lipinski definition) is 3. The quantitative estimate of drug-likeness (QED) is 0.725. The average molecular weight is 264 g/mol. The van der Waals surface area contributed by atoms with Crippen molar-refractivity contribution in [1.29, 1.82) is 0 Å². The molecule has 104 valence electrons. The average Bonchev–Trinajstić information content (AvgIpc) is 2.91. The third kappa shape index (κ3) is 4.22. The van der Waals surface area contributed by atoms with Crippen LogP contribution in [0.2, 0.25) is 0 Å². The Bertz CT molecular complexity index is 413. The van der Waals surface area contributed by atoms with E-state index in [1.54, 1.807) is 24.3 Å². The van der Waals surface area contributed by atoms with E-state index in [0.717, 1.165) is 25.0 Å². The molecule has 0 bridgehead atoms. The lowest BCUT2D eigenvalue weighted by atomic mass is 10.1. The Morgan fingerprint density at radius 1 is 1.47 bits per heavy atom. The molecule has 1 aliphatic heterocycles. The second-order valence-electron chi connectivity index (χ2n) is 4.86. The highest BCUT2D eigenvalue weighted by atomic mass is 16.5. The molecule has 4 N–H and O–H groups in total. The van der Waals surface area contributed by atoms with Crippen molar-refractivity contribution in [3.05, 3.63) is 29.8 Å². The maximum Gasteiger partial charge on any atom is 0.237 e. The van der Waals surface area contributed by atoms with Crippen LogP contribution in [0.4, 0.5) is 0 Å². The molecule has 2 rings (SSSR count). The van der Waals surface area contributed by atoms with Gasteiger partial charge in [-0.2, -0.15) is 0 Å². The first-order chi connectivity index (χ1) is 9.15. The smallest absolute Gasteiger partial charge is 0.237 e. The Morgan fingerprint density at radius 2 is 2.21 bits per heavy atom. The van der Waals surface area contributed by atoms with Crippen LogP contribution in [0.25, 0.3) is 0 Å². The number of benzene rings is 1. The maximum absolute atomic E-state index is 11.8. The molecular formula is C14H20N2O3. The zero-order valence-electron chi connectivity index (χ0n) is 10.8. The molecule has 5 heteroatoms. The number of carbonyl (C=O) groups excluding carboxylic acids is 1. The zero-order valence-corrected chi connectivity index (χ0v) is 10.8.